The Balaban J connectivity index is 1.93. The first kappa shape index (κ1) is 32.0. The maximum absolute atomic E-state index is 13.6. The van der Waals surface area contributed by atoms with Crippen molar-refractivity contribution in [3.05, 3.63) is 47.1 Å². The van der Waals surface area contributed by atoms with Gasteiger partial charge >= 0.3 is 11.9 Å². The summed E-state index contributed by atoms with van der Waals surface area (Å²) in [4.78, 5) is 38.1. The molecule has 0 heterocycles. The van der Waals surface area contributed by atoms with Crippen LogP contribution >= 0.6 is 0 Å². The van der Waals surface area contributed by atoms with Gasteiger partial charge in [0.15, 0.2) is 5.78 Å². The number of ether oxygens (including phenoxy) is 2. The van der Waals surface area contributed by atoms with Gasteiger partial charge in [-0.1, -0.05) is 44.2 Å². The molecule has 0 bridgehead atoms. The minimum absolute atomic E-state index is 0.0173. The Labute approximate surface area is 239 Å². The van der Waals surface area contributed by atoms with E-state index >= 15 is 0 Å². The molecule has 0 spiro atoms. The number of carboxylic acids is 1. The molecule has 7 nitrogen and oxygen atoms in total. The lowest BCUT2D eigenvalue weighted by atomic mass is 9.42. The summed E-state index contributed by atoms with van der Waals surface area (Å²) in [6.45, 7) is 14.7. The van der Waals surface area contributed by atoms with Crippen LogP contribution in [0.4, 0.5) is 0 Å². The average molecular weight is 557 g/mol. The van der Waals surface area contributed by atoms with Crippen LogP contribution in [0.3, 0.4) is 0 Å². The molecule has 3 aliphatic carbocycles. The number of esters is 1. The van der Waals surface area contributed by atoms with Crippen LogP contribution in [-0.2, 0) is 23.9 Å². The zero-order valence-corrected chi connectivity index (χ0v) is 25.7. The van der Waals surface area contributed by atoms with Crippen molar-refractivity contribution >= 4 is 17.7 Å². The van der Waals surface area contributed by atoms with Crippen LogP contribution in [0.5, 0.6) is 0 Å². The van der Waals surface area contributed by atoms with Gasteiger partial charge in [-0.3, -0.25) is 14.4 Å². The average Bonchev–Trinajstić information content (AvgIpc) is 3.11. The van der Waals surface area contributed by atoms with Gasteiger partial charge in [-0.05, 0) is 88.7 Å². The van der Waals surface area contributed by atoms with Crippen molar-refractivity contribution in [2.45, 2.75) is 105 Å². The van der Waals surface area contributed by atoms with Crippen LogP contribution in [0, 0.1) is 28.1 Å². The number of ketones is 1. The summed E-state index contributed by atoms with van der Waals surface area (Å²) in [6, 6.07) is 0. The minimum Gasteiger partial charge on any atom is -0.481 e. The summed E-state index contributed by atoms with van der Waals surface area (Å²) in [5, 5.41) is 20.4. The van der Waals surface area contributed by atoms with E-state index in [2.05, 4.69) is 13.8 Å². The van der Waals surface area contributed by atoms with Gasteiger partial charge in [0, 0.05) is 31.4 Å². The van der Waals surface area contributed by atoms with Crippen molar-refractivity contribution in [3.63, 3.8) is 0 Å². The topological polar surface area (TPSA) is 110 Å². The van der Waals surface area contributed by atoms with Gasteiger partial charge in [0.1, 0.15) is 11.5 Å². The molecule has 0 saturated heterocycles. The van der Waals surface area contributed by atoms with Gasteiger partial charge in [-0.25, -0.2) is 0 Å². The van der Waals surface area contributed by atoms with Gasteiger partial charge in [-0.15, -0.1) is 0 Å². The van der Waals surface area contributed by atoms with E-state index < -0.39 is 29.1 Å². The fraction of sp³-hybridized carbons (Fsp3) is 0.667. The van der Waals surface area contributed by atoms with E-state index in [1.165, 1.54) is 6.92 Å². The number of Topliss-reactive ketones (excluding diaryl/α,β-unsaturated/α-hetero) is 1. The van der Waals surface area contributed by atoms with Crippen molar-refractivity contribution in [3.8, 4) is 0 Å². The van der Waals surface area contributed by atoms with Crippen LogP contribution in [0.15, 0.2) is 47.1 Å². The molecule has 0 aromatic rings. The molecule has 3 fully saturated rings. The van der Waals surface area contributed by atoms with Crippen molar-refractivity contribution in [1.82, 2.24) is 0 Å². The van der Waals surface area contributed by atoms with E-state index in [1.54, 1.807) is 34.0 Å². The number of aliphatic carboxylic acids is 1. The summed E-state index contributed by atoms with van der Waals surface area (Å²) in [5.74, 6) is -1.45. The summed E-state index contributed by atoms with van der Waals surface area (Å²) in [6.07, 6.45) is 11.4. The van der Waals surface area contributed by atoms with Crippen molar-refractivity contribution in [2.75, 3.05) is 7.11 Å². The standard InChI is InChI=1S/C33H48O7/c1-20(24(39-9)13-16-30(4,5)38)11-10-12-21(2)28-23(35)19-26-31(6)18-15-27(40-22(3)34)33(8,29(36)37)25(31)14-17-32(26,28)7/h10-13,16,24-27,38H,14-15,17-19H2,1-9H3,(H,36,37)/b12-10+,16-13+,20-11+,28-21?/t24-,25-,26+,27-,31-,32-,33-/m1/s1. The second-order valence-electron chi connectivity index (χ2n) is 13.4. The number of carbonyl (C=O) groups is 3. The molecule has 7 heteroatoms. The summed E-state index contributed by atoms with van der Waals surface area (Å²) >= 11 is 0. The number of carbonyl (C=O) groups excluding carboxylic acids is 2. The van der Waals surface area contributed by atoms with Crippen molar-refractivity contribution < 1.29 is 34.1 Å². The lowest BCUT2D eigenvalue weighted by molar-refractivity contribution is -0.204. The molecule has 7 atom stereocenters. The zero-order chi connectivity index (χ0) is 30.3. The normalized spacial score (nSPS) is 36.9. The lowest BCUT2D eigenvalue weighted by Gasteiger charge is -2.61. The Bertz CT molecular complexity index is 1150. The highest BCUT2D eigenvalue weighted by Gasteiger charge is 2.68. The molecule has 222 valence electrons. The first-order valence-electron chi connectivity index (χ1n) is 14.4. The van der Waals surface area contributed by atoms with Crippen LogP contribution in [0.25, 0.3) is 0 Å². The van der Waals surface area contributed by atoms with Gasteiger partial charge in [0.2, 0.25) is 0 Å². The smallest absolute Gasteiger partial charge is 0.313 e. The molecule has 0 amide bonds. The Kier molecular flexibility index (Phi) is 9.12. The fourth-order valence-electron chi connectivity index (χ4n) is 8.18. The molecule has 0 aromatic carbocycles. The van der Waals surface area contributed by atoms with E-state index in [0.29, 0.717) is 32.1 Å². The second-order valence-corrected chi connectivity index (χ2v) is 13.4. The van der Waals surface area contributed by atoms with Crippen LogP contribution in [-0.4, -0.2) is 52.9 Å². The number of allylic oxidation sites excluding steroid dienone is 5. The second kappa shape index (κ2) is 11.4. The van der Waals surface area contributed by atoms with Crippen molar-refractivity contribution in [1.29, 1.82) is 0 Å². The summed E-state index contributed by atoms with van der Waals surface area (Å²) in [5.41, 5.74) is -0.115. The summed E-state index contributed by atoms with van der Waals surface area (Å²) in [7, 11) is 1.62. The number of hydrogen-bond donors (Lipinski definition) is 2. The lowest BCUT2D eigenvalue weighted by Crippen LogP contribution is -2.61. The molecule has 0 radical (unpaired) electrons. The molecule has 3 rings (SSSR count). The SMILES string of the molecule is CO[C@H](/C=C/C(C)(C)O)/C(C)=C/C=C/C(C)=C1C(=O)C[C@H]2[C@]3(C)CC[C@@H](OC(C)=O)[C@](C)(C(=O)O)[C@@H]3CC[C@@]12C. The number of hydrogen-bond acceptors (Lipinski definition) is 6. The minimum atomic E-state index is -1.20. The summed E-state index contributed by atoms with van der Waals surface area (Å²) < 4.78 is 11.1. The third kappa shape index (κ3) is 5.78. The molecule has 40 heavy (non-hydrogen) atoms. The van der Waals surface area contributed by atoms with E-state index in [-0.39, 0.29) is 34.6 Å². The van der Waals surface area contributed by atoms with Crippen LogP contribution in [0.1, 0.15) is 87.5 Å². The molecule has 0 aliphatic heterocycles. The largest absolute Gasteiger partial charge is 0.481 e. The monoisotopic (exact) mass is 556 g/mol. The highest BCUT2D eigenvalue weighted by Crippen LogP contribution is 2.69. The highest BCUT2D eigenvalue weighted by molar-refractivity contribution is 6.01. The predicted molar refractivity (Wildman–Crippen MR) is 154 cm³/mol. The van der Waals surface area contributed by atoms with E-state index in [1.807, 2.05) is 38.2 Å². The van der Waals surface area contributed by atoms with Crippen molar-refractivity contribution in [2.24, 2.45) is 28.1 Å². The van der Waals surface area contributed by atoms with Crippen LogP contribution < -0.4 is 0 Å². The first-order chi connectivity index (χ1) is 18.4. The number of fused-ring (bicyclic) bond motifs is 3. The quantitative estimate of drug-likeness (QED) is 0.164. The fourth-order valence-corrected chi connectivity index (χ4v) is 8.18. The number of methoxy groups -OCH3 is 1. The maximum Gasteiger partial charge on any atom is 0.313 e. The first-order valence-corrected chi connectivity index (χ1v) is 14.4. The van der Waals surface area contributed by atoms with E-state index in [4.69, 9.17) is 9.47 Å². The third-order valence-electron chi connectivity index (χ3n) is 10.1. The van der Waals surface area contributed by atoms with Crippen LogP contribution in [0.2, 0.25) is 0 Å². The molecule has 2 N–H and O–H groups in total. The Hall–Kier alpha value is -2.51. The number of rotatable bonds is 8. The Morgan fingerprint density at radius 3 is 2.27 bits per heavy atom. The predicted octanol–water partition coefficient (Wildman–Crippen LogP) is 5.98. The number of carboxylic acid groups (broad SMARTS) is 1. The van der Waals surface area contributed by atoms with E-state index in [0.717, 1.165) is 16.7 Å². The highest BCUT2D eigenvalue weighted by atomic mass is 16.5. The van der Waals surface area contributed by atoms with Gasteiger partial charge in [0.25, 0.3) is 0 Å². The van der Waals surface area contributed by atoms with Gasteiger partial charge in [0.05, 0.1) is 11.7 Å². The van der Waals surface area contributed by atoms with Gasteiger partial charge in [-0.2, -0.15) is 0 Å². The third-order valence-corrected chi connectivity index (χ3v) is 10.1. The number of aliphatic hydroxyl groups is 1. The molecular weight excluding hydrogens is 508 g/mol. The van der Waals surface area contributed by atoms with E-state index in [9.17, 15) is 24.6 Å². The zero-order valence-electron chi connectivity index (χ0n) is 25.7. The molecule has 3 saturated carbocycles. The Morgan fingerprint density at radius 1 is 1.07 bits per heavy atom. The molecule has 0 unspecified atom stereocenters. The molecule has 0 aromatic heterocycles. The molecular formula is C33H48O7. The van der Waals surface area contributed by atoms with Gasteiger partial charge < -0.3 is 19.7 Å². The Morgan fingerprint density at radius 2 is 1.73 bits per heavy atom. The molecule has 3 aliphatic rings. The maximum atomic E-state index is 13.6.